The van der Waals surface area contributed by atoms with Gasteiger partial charge in [-0.2, -0.15) is 0 Å². The molecule has 1 aromatic heterocycles. The second-order valence-corrected chi connectivity index (χ2v) is 6.08. The largest absolute Gasteiger partial charge is 0.354 e. The predicted octanol–water partition coefficient (Wildman–Crippen LogP) is 1.57. The normalized spacial score (nSPS) is 27.2. The van der Waals surface area contributed by atoms with Crippen LogP contribution in [0.2, 0.25) is 0 Å². The van der Waals surface area contributed by atoms with Crippen LogP contribution in [0.15, 0.2) is 24.4 Å². The molecule has 1 atom stereocenters. The number of Topliss-reactive ketones (excluding diaryl/α,β-unsaturated/α-hetero) is 1. The lowest BCUT2D eigenvalue weighted by Crippen LogP contribution is -2.62. The number of ketones is 1. The molecule has 1 saturated carbocycles. The summed E-state index contributed by atoms with van der Waals surface area (Å²) in [5.41, 5.74) is -0.146. The van der Waals surface area contributed by atoms with Crippen LogP contribution in [0.5, 0.6) is 0 Å². The van der Waals surface area contributed by atoms with Crippen molar-refractivity contribution in [2.24, 2.45) is 5.41 Å². The average molecular weight is 259 g/mol. The topological polar surface area (TPSA) is 36.4 Å². The maximum atomic E-state index is 11.6. The third-order valence-corrected chi connectivity index (χ3v) is 4.66. The Morgan fingerprint density at radius 3 is 2.47 bits per heavy atom. The van der Waals surface area contributed by atoms with Crippen molar-refractivity contribution in [3.8, 4) is 0 Å². The van der Waals surface area contributed by atoms with E-state index in [2.05, 4.69) is 34.7 Å². The van der Waals surface area contributed by atoms with Gasteiger partial charge in [-0.3, -0.25) is 9.69 Å². The summed E-state index contributed by atoms with van der Waals surface area (Å²) in [5.74, 6) is 1.47. The molecule has 0 spiro atoms. The third kappa shape index (κ3) is 2.14. The second-order valence-electron chi connectivity index (χ2n) is 6.08. The number of pyridine rings is 1. The van der Waals surface area contributed by atoms with E-state index in [1.807, 2.05) is 18.3 Å². The van der Waals surface area contributed by atoms with Crippen LogP contribution in [0, 0.1) is 5.41 Å². The van der Waals surface area contributed by atoms with E-state index in [-0.39, 0.29) is 5.41 Å². The van der Waals surface area contributed by atoms with Gasteiger partial charge in [0, 0.05) is 50.3 Å². The number of carbonyl (C=O) groups excluding carboxylic acids is 1. The Kier molecular flexibility index (Phi) is 3.05. The lowest BCUT2D eigenvalue weighted by atomic mass is 9.65. The molecule has 3 rings (SSSR count). The van der Waals surface area contributed by atoms with Crippen molar-refractivity contribution in [2.45, 2.75) is 26.3 Å². The first-order chi connectivity index (χ1) is 9.09. The molecule has 1 aliphatic heterocycles. The highest BCUT2D eigenvalue weighted by molar-refractivity contribution is 5.91. The Labute approximate surface area is 114 Å². The summed E-state index contributed by atoms with van der Waals surface area (Å²) in [6.07, 6.45) is 2.58. The fourth-order valence-electron chi connectivity index (χ4n) is 3.14. The van der Waals surface area contributed by atoms with E-state index in [0.29, 0.717) is 11.8 Å². The molecule has 0 amide bonds. The summed E-state index contributed by atoms with van der Waals surface area (Å²) in [6.45, 7) is 8.20. The molecule has 4 heteroatoms. The molecule has 0 radical (unpaired) electrons. The summed E-state index contributed by atoms with van der Waals surface area (Å²) >= 11 is 0. The lowest BCUT2D eigenvalue weighted by Gasteiger charge is -2.51. The van der Waals surface area contributed by atoms with E-state index < -0.39 is 0 Å². The summed E-state index contributed by atoms with van der Waals surface area (Å²) in [4.78, 5) is 20.8. The quantitative estimate of drug-likeness (QED) is 0.808. The van der Waals surface area contributed by atoms with E-state index in [9.17, 15) is 4.79 Å². The molecule has 0 N–H and O–H groups in total. The highest BCUT2D eigenvalue weighted by atomic mass is 16.1. The monoisotopic (exact) mass is 259 g/mol. The Morgan fingerprint density at radius 2 is 1.95 bits per heavy atom. The molecule has 2 aliphatic rings. The molecule has 1 aromatic rings. The van der Waals surface area contributed by atoms with E-state index in [0.717, 1.165) is 38.4 Å². The molecule has 2 fully saturated rings. The van der Waals surface area contributed by atoms with Crippen molar-refractivity contribution >= 4 is 11.6 Å². The van der Waals surface area contributed by atoms with Crippen molar-refractivity contribution < 1.29 is 4.79 Å². The van der Waals surface area contributed by atoms with Crippen LogP contribution in [-0.2, 0) is 4.79 Å². The number of rotatable bonds is 2. The van der Waals surface area contributed by atoms with Gasteiger partial charge in [0.25, 0.3) is 0 Å². The fourth-order valence-corrected chi connectivity index (χ4v) is 3.14. The van der Waals surface area contributed by atoms with Crippen molar-refractivity contribution in [3.05, 3.63) is 24.4 Å². The van der Waals surface area contributed by atoms with Gasteiger partial charge in [-0.1, -0.05) is 19.9 Å². The Balaban J connectivity index is 1.60. The van der Waals surface area contributed by atoms with Gasteiger partial charge in [0.1, 0.15) is 11.6 Å². The first kappa shape index (κ1) is 12.6. The number of carbonyl (C=O) groups is 1. The van der Waals surface area contributed by atoms with Crippen LogP contribution in [-0.4, -0.2) is 47.9 Å². The molecule has 19 heavy (non-hydrogen) atoms. The average Bonchev–Trinajstić information content (AvgIpc) is 2.46. The van der Waals surface area contributed by atoms with Crippen molar-refractivity contribution in [1.82, 2.24) is 9.88 Å². The number of nitrogens with zero attached hydrogens (tertiary/aromatic N) is 3. The summed E-state index contributed by atoms with van der Waals surface area (Å²) < 4.78 is 0. The van der Waals surface area contributed by atoms with E-state index in [1.165, 1.54) is 0 Å². The van der Waals surface area contributed by atoms with Gasteiger partial charge >= 0.3 is 0 Å². The molecule has 0 aromatic carbocycles. The standard InChI is InChI=1S/C15H21N3O/c1-15(2)12(11-13(15)19)17-7-9-18(10-8-17)14-5-3-4-6-16-14/h3-6,12H,7-11H2,1-2H3. The van der Waals surface area contributed by atoms with Gasteiger partial charge in [0.2, 0.25) is 0 Å². The Bertz CT molecular complexity index is 464. The van der Waals surface area contributed by atoms with Gasteiger partial charge in [-0.05, 0) is 12.1 Å². The highest BCUT2D eigenvalue weighted by Crippen LogP contribution is 2.40. The first-order valence-corrected chi connectivity index (χ1v) is 7.02. The van der Waals surface area contributed by atoms with E-state index in [4.69, 9.17) is 0 Å². The third-order valence-electron chi connectivity index (χ3n) is 4.66. The predicted molar refractivity (Wildman–Crippen MR) is 75.2 cm³/mol. The summed E-state index contributed by atoms with van der Waals surface area (Å²) in [7, 11) is 0. The van der Waals surface area contributed by atoms with E-state index in [1.54, 1.807) is 0 Å². The minimum Gasteiger partial charge on any atom is -0.354 e. The van der Waals surface area contributed by atoms with E-state index >= 15 is 0 Å². The van der Waals surface area contributed by atoms with Gasteiger partial charge in [-0.25, -0.2) is 4.98 Å². The SMILES string of the molecule is CC1(C)C(=O)CC1N1CCN(c2ccccn2)CC1. The van der Waals surface area contributed by atoms with Crippen LogP contribution in [0.1, 0.15) is 20.3 Å². The lowest BCUT2D eigenvalue weighted by molar-refractivity contribution is -0.145. The van der Waals surface area contributed by atoms with Crippen molar-refractivity contribution in [2.75, 3.05) is 31.1 Å². The van der Waals surface area contributed by atoms with Gasteiger partial charge < -0.3 is 4.90 Å². The van der Waals surface area contributed by atoms with Gasteiger partial charge in [-0.15, -0.1) is 0 Å². The fraction of sp³-hybridized carbons (Fsp3) is 0.600. The minimum absolute atomic E-state index is 0.146. The minimum atomic E-state index is -0.146. The van der Waals surface area contributed by atoms with Gasteiger partial charge in [0.05, 0.1) is 0 Å². The van der Waals surface area contributed by atoms with Gasteiger partial charge in [0.15, 0.2) is 0 Å². The zero-order valence-corrected chi connectivity index (χ0v) is 11.7. The molecule has 1 aliphatic carbocycles. The maximum Gasteiger partial charge on any atom is 0.141 e. The molecule has 1 unspecified atom stereocenters. The molecule has 2 heterocycles. The molecular formula is C15H21N3O. The Morgan fingerprint density at radius 1 is 1.21 bits per heavy atom. The molecule has 0 bridgehead atoms. The number of anilines is 1. The zero-order valence-electron chi connectivity index (χ0n) is 11.7. The number of hydrogen-bond donors (Lipinski definition) is 0. The van der Waals surface area contributed by atoms with Crippen molar-refractivity contribution in [3.63, 3.8) is 0 Å². The number of hydrogen-bond acceptors (Lipinski definition) is 4. The molecule has 1 saturated heterocycles. The maximum absolute atomic E-state index is 11.6. The smallest absolute Gasteiger partial charge is 0.141 e. The first-order valence-electron chi connectivity index (χ1n) is 7.02. The molecular weight excluding hydrogens is 238 g/mol. The van der Waals surface area contributed by atoms with Crippen LogP contribution in [0.4, 0.5) is 5.82 Å². The number of aromatic nitrogens is 1. The van der Waals surface area contributed by atoms with Crippen LogP contribution >= 0.6 is 0 Å². The Hall–Kier alpha value is -1.42. The molecule has 4 nitrogen and oxygen atoms in total. The molecule has 102 valence electrons. The second kappa shape index (κ2) is 4.60. The zero-order chi connectivity index (χ0) is 13.5. The van der Waals surface area contributed by atoms with Crippen LogP contribution in [0.25, 0.3) is 0 Å². The van der Waals surface area contributed by atoms with Crippen LogP contribution in [0.3, 0.4) is 0 Å². The highest BCUT2D eigenvalue weighted by Gasteiger charge is 2.50. The summed E-state index contributed by atoms with van der Waals surface area (Å²) in [5, 5.41) is 0. The summed E-state index contributed by atoms with van der Waals surface area (Å²) in [6, 6.07) is 6.47. The van der Waals surface area contributed by atoms with Crippen LogP contribution < -0.4 is 4.90 Å². The van der Waals surface area contributed by atoms with Crippen molar-refractivity contribution in [1.29, 1.82) is 0 Å². The number of piperazine rings is 1.